The Balaban J connectivity index is 2.00. The number of nitrogens with zero attached hydrogens (tertiary/aromatic N) is 1. The molecule has 13 heavy (non-hydrogen) atoms. The van der Waals surface area contributed by atoms with Crippen molar-refractivity contribution >= 4 is 0 Å². The van der Waals surface area contributed by atoms with Crippen LogP contribution in [0.4, 0.5) is 0 Å². The summed E-state index contributed by atoms with van der Waals surface area (Å²) in [4.78, 5) is 2.48. The predicted octanol–water partition coefficient (Wildman–Crippen LogP) is 1.37. The molecule has 0 aromatic carbocycles. The SMILES string of the molecule is CC(C)N1CNC2C=CC=CC2C1. The van der Waals surface area contributed by atoms with Crippen LogP contribution in [-0.4, -0.2) is 30.2 Å². The van der Waals surface area contributed by atoms with Crippen LogP contribution < -0.4 is 5.32 Å². The lowest BCUT2D eigenvalue weighted by Gasteiger charge is -2.40. The van der Waals surface area contributed by atoms with Gasteiger partial charge in [-0.05, 0) is 13.8 Å². The van der Waals surface area contributed by atoms with Crippen molar-refractivity contribution in [1.29, 1.82) is 0 Å². The second-order valence-electron chi connectivity index (χ2n) is 4.19. The second-order valence-corrected chi connectivity index (χ2v) is 4.19. The van der Waals surface area contributed by atoms with E-state index in [4.69, 9.17) is 0 Å². The summed E-state index contributed by atoms with van der Waals surface area (Å²) in [5.41, 5.74) is 0. The van der Waals surface area contributed by atoms with Crippen LogP contribution in [0.15, 0.2) is 24.3 Å². The normalized spacial score (nSPS) is 33.8. The number of allylic oxidation sites excluding steroid dienone is 2. The first kappa shape index (κ1) is 8.97. The van der Waals surface area contributed by atoms with Gasteiger partial charge >= 0.3 is 0 Å². The number of hydrogen-bond acceptors (Lipinski definition) is 2. The zero-order valence-electron chi connectivity index (χ0n) is 8.40. The van der Waals surface area contributed by atoms with Crippen molar-refractivity contribution in [2.24, 2.45) is 5.92 Å². The standard InChI is InChI=1S/C11H18N2/c1-9(2)13-7-10-5-3-4-6-11(10)12-8-13/h3-6,9-12H,7-8H2,1-2H3. The maximum atomic E-state index is 3.54. The van der Waals surface area contributed by atoms with E-state index in [0.717, 1.165) is 6.67 Å². The molecule has 2 rings (SSSR count). The van der Waals surface area contributed by atoms with Crippen molar-refractivity contribution in [2.45, 2.75) is 25.9 Å². The van der Waals surface area contributed by atoms with Gasteiger partial charge in [0.05, 0.1) is 0 Å². The first-order chi connectivity index (χ1) is 6.27. The minimum absolute atomic E-state index is 0.569. The van der Waals surface area contributed by atoms with Crippen LogP contribution in [0.5, 0.6) is 0 Å². The van der Waals surface area contributed by atoms with Crippen molar-refractivity contribution in [3.63, 3.8) is 0 Å². The lowest BCUT2D eigenvalue weighted by Crippen LogP contribution is -2.54. The smallest absolute Gasteiger partial charge is 0.0487 e. The number of hydrogen-bond donors (Lipinski definition) is 1. The molecule has 2 heteroatoms. The van der Waals surface area contributed by atoms with Crippen LogP contribution >= 0.6 is 0 Å². The minimum atomic E-state index is 0.569. The molecule has 2 aliphatic rings. The molecule has 1 saturated heterocycles. The molecule has 0 radical (unpaired) electrons. The molecule has 2 nitrogen and oxygen atoms in total. The molecule has 0 spiro atoms. The Morgan fingerprint density at radius 1 is 1.31 bits per heavy atom. The largest absolute Gasteiger partial charge is 0.297 e. The molecule has 1 N–H and O–H groups in total. The Labute approximate surface area is 80.3 Å². The molecule has 1 aliphatic heterocycles. The third-order valence-electron chi connectivity index (χ3n) is 2.95. The maximum absolute atomic E-state index is 3.54. The fourth-order valence-corrected chi connectivity index (χ4v) is 2.00. The van der Waals surface area contributed by atoms with Crippen molar-refractivity contribution in [1.82, 2.24) is 10.2 Å². The highest BCUT2D eigenvalue weighted by Gasteiger charge is 2.27. The highest BCUT2D eigenvalue weighted by molar-refractivity contribution is 5.18. The lowest BCUT2D eigenvalue weighted by atomic mass is 9.92. The third-order valence-corrected chi connectivity index (χ3v) is 2.95. The molecule has 2 unspecified atom stereocenters. The van der Waals surface area contributed by atoms with E-state index in [2.05, 4.69) is 48.4 Å². The fraction of sp³-hybridized carbons (Fsp3) is 0.636. The van der Waals surface area contributed by atoms with Crippen LogP contribution in [0.25, 0.3) is 0 Å². The van der Waals surface area contributed by atoms with E-state index >= 15 is 0 Å². The summed E-state index contributed by atoms with van der Waals surface area (Å²) < 4.78 is 0. The summed E-state index contributed by atoms with van der Waals surface area (Å²) in [7, 11) is 0. The van der Waals surface area contributed by atoms with Gasteiger partial charge in [-0.15, -0.1) is 0 Å². The molecule has 0 amide bonds. The lowest BCUT2D eigenvalue weighted by molar-refractivity contribution is 0.129. The summed E-state index contributed by atoms with van der Waals surface area (Å²) in [5, 5.41) is 3.54. The zero-order valence-corrected chi connectivity index (χ0v) is 8.40. The molecule has 1 aliphatic carbocycles. The monoisotopic (exact) mass is 178 g/mol. The van der Waals surface area contributed by atoms with Gasteiger partial charge in [-0.25, -0.2) is 0 Å². The quantitative estimate of drug-likeness (QED) is 0.652. The van der Waals surface area contributed by atoms with E-state index in [0.29, 0.717) is 18.0 Å². The van der Waals surface area contributed by atoms with Crippen molar-refractivity contribution in [3.05, 3.63) is 24.3 Å². The fourth-order valence-electron chi connectivity index (χ4n) is 2.00. The summed E-state index contributed by atoms with van der Waals surface area (Å²) in [6.45, 7) is 6.72. The van der Waals surface area contributed by atoms with Crippen molar-refractivity contribution in [3.8, 4) is 0 Å². The molecule has 1 heterocycles. The minimum Gasteiger partial charge on any atom is -0.297 e. The molecule has 0 saturated carbocycles. The highest BCUT2D eigenvalue weighted by Crippen LogP contribution is 2.19. The van der Waals surface area contributed by atoms with E-state index in [9.17, 15) is 0 Å². The van der Waals surface area contributed by atoms with Gasteiger partial charge in [-0.1, -0.05) is 24.3 Å². The van der Waals surface area contributed by atoms with E-state index < -0.39 is 0 Å². The Bertz CT molecular complexity index is 230. The van der Waals surface area contributed by atoms with Gasteiger partial charge in [-0.3, -0.25) is 10.2 Å². The van der Waals surface area contributed by atoms with Crippen LogP contribution in [0.2, 0.25) is 0 Å². The van der Waals surface area contributed by atoms with E-state index in [1.54, 1.807) is 0 Å². The molecular formula is C11H18N2. The topological polar surface area (TPSA) is 15.3 Å². The Morgan fingerprint density at radius 2 is 2.08 bits per heavy atom. The van der Waals surface area contributed by atoms with Crippen LogP contribution in [0, 0.1) is 5.92 Å². The second kappa shape index (κ2) is 3.64. The van der Waals surface area contributed by atoms with Crippen LogP contribution in [0.1, 0.15) is 13.8 Å². The number of fused-ring (bicyclic) bond motifs is 1. The number of rotatable bonds is 1. The van der Waals surface area contributed by atoms with Gasteiger partial charge in [0.1, 0.15) is 0 Å². The summed E-state index contributed by atoms with van der Waals surface area (Å²) in [6, 6.07) is 1.22. The summed E-state index contributed by atoms with van der Waals surface area (Å²) in [5.74, 6) is 0.668. The molecule has 0 bridgehead atoms. The van der Waals surface area contributed by atoms with Crippen LogP contribution in [-0.2, 0) is 0 Å². The molecule has 0 aromatic rings. The van der Waals surface area contributed by atoms with Gasteiger partial charge in [0.15, 0.2) is 0 Å². The van der Waals surface area contributed by atoms with Crippen molar-refractivity contribution in [2.75, 3.05) is 13.2 Å². The average molecular weight is 178 g/mol. The average Bonchev–Trinajstić information content (AvgIpc) is 2.17. The van der Waals surface area contributed by atoms with Gasteiger partial charge in [0.25, 0.3) is 0 Å². The Kier molecular flexibility index (Phi) is 2.51. The third kappa shape index (κ3) is 1.84. The Hall–Kier alpha value is -0.600. The maximum Gasteiger partial charge on any atom is 0.0487 e. The molecule has 2 atom stereocenters. The molecule has 0 aromatic heterocycles. The van der Waals surface area contributed by atoms with Gasteiger partial charge < -0.3 is 0 Å². The summed E-state index contributed by atoms with van der Waals surface area (Å²) >= 11 is 0. The van der Waals surface area contributed by atoms with Gasteiger partial charge in [0, 0.05) is 31.2 Å². The molecule has 1 fully saturated rings. The first-order valence-electron chi connectivity index (χ1n) is 5.10. The highest BCUT2D eigenvalue weighted by atomic mass is 15.3. The zero-order chi connectivity index (χ0) is 9.26. The molecular weight excluding hydrogens is 160 g/mol. The van der Waals surface area contributed by atoms with Gasteiger partial charge in [-0.2, -0.15) is 0 Å². The predicted molar refractivity (Wildman–Crippen MR) is 55.4 cm³/mol. The van der Waals surface area contributed by atoms with Crippen molar-refractivity contribution < 1.29 is 0 Å². The van der Waals surface area contributed by atoms with E-state index in [1.807, 2.05) is 0 Å². The Morgan fingerprint density at radius 3 is 2.85 bits per heavy atom. The first-order valence-corrected chi connectivity index (χ1v) is 5.10. The van der Waals surface area contributed by atoms with E-state index in [1.165, 1.54) is 6.54 Å². The molecule has 72 valence electrons. The van der Waals surface area contributed by atoms with Crippen LogP contribution in [0.3, 0.4) is 0 Å². The van der Waals surface area contributed by atoms with Gasteiger partial charge in [0.2, 0.25) is 0 Å². The summed E-state index contributed by atoms with van der Waals surface area (Å²) in [6.07, 6.45) is 8.88. The number of nitrogens with one attached hydrogen (secondary N) is 1. The van der Waals surface area contributed by atoms with E-state index in [-0.39, 0.29) is 0 Å².